The lowest BCUT2D eigenvalue weighted by Crippen LogP contribution is -2.33. The third kappa shape index (κ3) is 4.85. The summed E-state index contributed by atoms with van der Waals surface area (Å²) in [7, 11) is 1.49. The number of nitriles is 1. The molecular formula is C26H29N5O3. The van der Waals surface area contributed by atoms with Crippen LogP contribution >= 0.6 is 0 Å². The number of benzene rings is 1. The van der Waals surface area contributed by atoms with Gasteiger partial charge in [-0.3, -0.25) is 9.59 Å². The molecule has 1 N–H and O–H groups in total. The Balaban J connectivity index is 1.79. The number of carbonyl (C=O) groups is 1. The van der Waals surface area contributed by atoms with Crippen LogP contribution in [0.5, 0.6) is 0 Å². The first-order valence-electron chi connectivity index (χ1n) is 10.9. The third-order valence-electron chi connectivity index (χ3n) is 5.98. The fourth-order valence-corrected chi connectivity index (χ4v) is 4.04. The second kappa shape index (κ2) is 10.3. The van der Waals surface area contributed by atoms with Crippen molar-refractivity contribution < 1.29 is 9.53 Å². The van der Waals surface area contributed by atoms with E-state index >= 15 is 0 Å². The molecule has 2 aromatic heterocycles. The molecule has 0 spiro atoms. The molecule has 3 rings (SSSR count). The van der Waals surface area contributed by atoms with Gasteiger partial charge in [-0.1, -0.05) is 12.1 Å². The van der Waals surface area contributed by atoms with Crippen LogP contribution in [0.25, 0.3) is 5.69 Å². The Morgan fingerprint density at radius 2 is 1.91 bits per heavy atom. The zero-order valence-electron chi connectivity index (χ0n) is 20.4. The normalized spacial score (nSPS) is 11.1. The van der Waals surface area contributed by atoms with E-state index in [0.717, 1.165) is 22.6 Å². The van der Waals surface area contributed by atoms with Crippen molar-refractivity contribution in [2.45, 2.75) is 47.8 Å². The van der Waals surface area contributed by atoms with E-state index in [1.54, 1.807) is 19.2 Å². The Hall–Kier alpha value is -3.96. The van der Waals surface area contributed by atoms with Gasteiger partial charge in [-0.25, -0.2) is 5.43 Å². The molecule has 1 aromatic carbocycles. The summed E-state index contributed by atoms with van der Waals surface area (Å²) < 4.78 is 8.48. The van der Waals surface area contributed by atoms with Crippen LogP contribution in [-0.4, -0.2) is 28.4 Å². The Morgan fingerprint density at radius 3 is 2.59 bits per heavy atom. The maximum atomic E-state index is 12.7. The number of nitrogens with zero attached hydrogens (tertiary/aromatic N) is 4. The van der Waals surface area contributed by atoms with Gasteiger partial charge in [0.1, 0.15) is 18.2 Å². The van der Waals surface area contributed by atoms with E-state index in [0.29, 0.717) is 11.3 Å². The van der Waals surface area contributed by atoms with E-state index in [1.807, 2.05) is 32.0 Å². The monoisotopic (exact) mass is 459 g/mol. The predicted octanol–water partition coefficient (Wildman–Crippen LogP) is 3.35. The minimum atomic E-state index is -0.522. The molecule has 0 fully saturated rings. The fourth-order valence-electron chi connectivity index (χ4n) is 4.04. The summed E-state index contributed by atoms with van der Waals surface area (Å²) in [6.45, 7) is 9.83. The lowest BCUT2D eigenvalue weighted by atomic mass is 10.1. The molecule has 0 saturated heterocycles. The Bertz CT molecular complexity index is 1370. The van der Waals surface area contributed by atoms with Gasteiger partial charge in [0.2, 0.25) is 0 Å². The highest BCUT2D eigenvalue weighted by Gasteiger charge is 2.15. The highest BCUT2D eigenvalue weighted by atomic mass is 16.5. The number of carbonyl (C=O) groups excluding carboxylic acids is 1. The summed E-state index contributed by atoms with van der Waals surface area (Å²) in [6, 6.07) is 11.8. The van der Waals surface area contributed by atoms with Crippen LogP contribution in [0.1, 0.15) is 44.9 Å². The van der Waals surface area contributed by atoms with Crippen molar-refractivity contribution in [3.63, 3.8) is 0 Å². The minimum absolute atomic E-state index is 0.0253. The third-order valence-corrected chi connectivity index (χ3v) is 5.98. The van der Waals surface area contributed by atoms with Crippen LogP contribution in [0.4, 0.5) is 0 Å². The van der Waals surface area contributed by atoms with E-state index in [-0.39, 0.29) is 18.7 Å². The molecule has 0 radical (unpaired) electrons. The summed E-state index contributed by atoms with van der Waals surface area (Å²) in [5.74, 6) is -0.465. The van der Waals surface area contributed by atoms with E-state index < -0.39 is 11.5 Å². The molecule has 34 heavy (non-hydrogen) atoms. The SMILES string of the molecule is COCc1cc(C)n(CC(=O)N/N=C/c2cc(C)n(-c3cccc(C)c3C)c2C)c(=O)c1C#N. The number of ether oxygens (including phenoxy) is 1. The number of pyridine rings is 1. The van der Waals surface area contributed by atoms with E-state index in [2.05, 4.69) is 41.1 Å². The molecule has 0 unspecified atom stereocenters. The predicted molar refractivity (Wildman–Crippen MR) is 131 cm³/mol. The van der Waals surface area contributed by atoms with Crippen LogP contribution < -0.4 is 11.0 Å². The molecule has 0 aliphatic heterocycles. The van der Waals surface area contributed by atoms with Crippen molar-refractivity contribution in [2.24, 2.45) is 5.10 Å². The number of nitrogens with one attached hydrogen (secondary N) is 1. The van der Waals surface area contributed by atoms with Crippen molar-refractivity contribution in [3.8, 4) is 11.8 Å². The van der Waals surface area contributed by atoms with Crippen LogP contribution in [0.15, 0.2) is 40.2 Å². The number of methoxy groups -OCH3 is 1. The lowest BCUT2D eigenvalue weighted by Gasteiger charge is -2.14. The van der Waals surface area contributed by atoms with Crippen LogP contribution in [0, 0.1) is 45.9 Å². The van der Waals surface area contributed by atoms with Gasteiger partial charge in [0.15, 0.2) is 0 Å². The van der Waals surface area contributed by atoms with Gasteiger partial charge in [-0.15, -0.1) is 0 Å². The van der Waals surface area contributed by atoms with Gasteiger partial charge >= 0.3 is 0 Å². The van der Waals surface area contributed by atoms with Gasteiger partial charge < -0.3 is 13.9 Å². The van der Waals surface area contributed by atoms with Crippen molar-refractivity contribution in [3.05, 3.63) is 85.6 Å². The van der Waals surface area contributed by atoms with Crippen molar-refractivity contribution in [2.75, 3.05) is 7.11 Å². The van der Waals surface area contributed by atoms with Crippen molar-refractivity contribution >= 4 is 12.1 Å². The molecule has 1 amide bonds. The average Bonchev–Trinajstić information content (AvgIpc) is 3.06. The second-order valence-corrected chi connectivity index (χ2v) is 8.30. The highest BCUT2D eigenvalue weighted by molar-refractivity contribution is 5.84. The molecule has 8 heteroatoms. The zero-order valence-corrected chi connectivity index (χ0v) is 20.4. The molecule has 3 aromatic rings. The largest absolute Gasteiger partial charge is 0.380 e. The highest BCUT2D eigenvalue weighted by Crippen LogP contribution is 2.24. The summed E-state index contributed by atoms with van der Waals surface area (Å²) in [6.07, 6.45) is 1.60. The van der Waals surface area contributed by atoms with Gasteiger partial charge in [0.05, 0.1) is 12.8 Å². The average molecular weight is 460 g/mol. The topological polar surface area (TPSA) is 101 Å². The van der Waals surface area contributed by atoms with E-state index in [9.17, 15) is 14.9 Å². The standard InChI is InChI=1S/C26H29N5O3/c1-16-8-7-9-24(19(16)4)31-18(3)11-21(20(31)5)13-28-29-25(32)14-30-17(2)10-22(15-34-6)23(12-27)26(30)33/h7-11,13H,14-15H2,1-6H3,(H,29,32)/b28-13+. The summed E-state index contributed by atoms with van der Waals surface area (Å²) in [4.78, 5) is 25.2. The maximum absolute atomic E-state index is 12.7. The Morgan fingerprint density at radius 1 is 1.18 bits per heavy atom. The van der Waals surface area contributed by atoms with Crippen LogP contribution in [0.3, 0.4) is 0 Å². The lowest BCUT2D eigenvalue weighted by molar-refractivity contribution is -0.121. The zero-order chi connectivity index (χ0) is 25.0. The van der Waals surface area contributed by atoms with E-state index in [1.165, 1.54) is 22.8 Å². The van der Waals surface area contributed by atoms with Gasteiger partial charge in [0.25, 0.3) is 11.5 Å². The Labute approximate surface area is 199 Å². The van der Waals surface area contributed by atoms with Crippen molar-refractivity contribution in [1.82, 2.24) is 14.6 Å². The summed E-state index contributed by atoms with van der Waals surface area (Å²) in [5.41, 5.74) is 9.46. The first kappa shape index (κ1) is 24.7. The molecule has 0 atom stereocenters. The molecule has 8 nitrogen and oxygen atoms in total. The van der Waals surface area contributed by atoms with Crippen molar-refractivity contribution in [1.29, 1.82) is 5.26 Å². The number of aryl methyl sites for hydroxylation is 3. The minimum Gasteiger partial charge on any atom is -0.380 e. The summed E-state index contributed by atoms with van der Waals surface area (Å²) in [5, 5.41) is 13.5. The molecule has 0 saturated carbocycles. The van der Waals surface area contributed by atoms with Gasteiger partial charge in [0, 0.05) is 41.0 Å². The second-order valence-electron chi connectivity index (χ2n) is 8.30. The first-order chi connectivity index (χ1) is 16.2. The molecule has 0 aliphatic rings. The molecular weight excluding hydrogens is 430 g/mol. The molecule has 0 bridgehead atoms. The number of rotatable bonds is 7. The summed E-state index contributed by atoms with van der Waals surface area (Å²) >= 11 is 0. The number of hydrogen-bond acceptors (Lipinski definition) is 5. The fraction of sp³-hybridized carbons (Fsp3) is 0.308. The van der Waals surface area contributed by atoms with Gasteiger partial charge in [-0.2, -0.15) is 10.4 Å². The number of hydrogen-bond donors (Lipinski definition) is 1. The quantitative estimate of drug-likeness (QED) is 0.432. The molecule has 176 valence electrons. The van der Waals surface area contributed by atoms with E-state index in [4.69, 9.17) is 4.74 Å². The maximum Gasteiger partial charge on any atom is 0.269 e. The Kier molecular flexibility index (Phi) is 7.49. The number of aromatic nitrogens is 2. The van der Waals surface area contributed by atoms with Gasteiger partial charge in [-0.05, 0) is 63.9 Å². The number of amides is 1. The van der Waals surface area contributed by atoms with Crippen LogP contribution in [-0.2, 0) is 22.7 Å². The molecule has 0 aliphatic carbocycles. The number of hydrazone groups is 1. The van der Waals surface area contributed by atoms with Crippen LogP contribution in [0.2, 0.25) is 0 Å². The molecule has 2 heterocycles. The smallest absolute Gasteiger partial charge is 0.269 e. The first-order valence-corrected chi connectivity index (χ1v) is 10.9.